The predicted octanol–water partition coefficient (Wildman–Crippen LogP) is 3.85. The first-order valence-corrected chi connectivity index (χ1v) is 8.35. The van der Waals surface area contributed by atoms with E-state index in [4.69, 9.17) is 11.6 Å². The molecule has 2 aliphatic rings. The lowest BCUT2D eigenvalue weighted by atomic mass is 9.89. The number of fused-ring (bicyclic) bond motifs is 3. The number of hydrogen-bond donors (Lipinski definition) is 0. The van der Waals surface area contributed by atoms with Crippen molar-refractivity contribution in [2.75, 3.05) is 6.54 Å². The van der Waals surface area contributed by atoms with Crippen LogP contribution < -0.4 is 0 Å². The van der Waals surface area contributed by atoms with E-state index in [1.807, 2.05) is 4.90 Å². The van der Waals surface area contributed by atoms with Gasteiger partial charge in [0, 0.05) is 11.4 Å². The first-order chi connectivity index (χ1) is 10.5. The van der Waals surface area contributed by atoms with Crippen molar-refractivity contribution in [3.63, 3.8) is 0 Å². The fourth-order valence-electron chi connectivity index (χ4n) is 3.41. The molecule has 7 heteroatoms. The maximum Gasteiger partial charge on any atom is 0.255 e. The molecule has 1 amide bonds. The number of thiophene rings is 1. The molecule has 0 spiro atoms. The van der Waals surface area contributed by atoms with Gasteiger partial charge in [-0.2, -0.15) is 0 Å². The molecule has 0 bridgehead atoms. The molecule has 0 aromatic carbocycles. The van der Waals surface area contributed by atoms with Gasteiger partial charge in [-0.25, -0.2) is 14.4 Å². The Morgan fingerprint density at radius 3 is 3.09 bits per heavy atom. The fourth-order valence-corrected chi connectivity index (χ4v) is 4.87. The van der Waals surface area contributed by atoms with Gasteiger partial charge in [0.1, 0.15) is 5.69 Å². The van der Waals surface area contributed by atoms with E-state index in [9.17, 15) is 9.18 Å². The molecule has 1 unspecified atom stereocenters. The summed E-state index contributed by atoms with van der Waals surface area (Å²) in [6.45, 7) is 2.89. The van der Waals surface area contributed by atoms with Gasteiger partial charge < -0.3 is 4.90 Å². The van der Waals surface area contributed by atoms with Crippen molar-refractivity contribution in [3.05, 3.63) is 33.8 Å². The van der Waals surface area contributed by atoms with Gasteiger partial charge in [-0.3, -0.25) is 4.79 Å². The molecule has 0 radical (unpaired) electrons. The Bertz CT molecular complexity index is 793. The van der Waals surface area contributed by atoms with E-state index in [-0.39, 0.29) is 22.4 Å². The van der Waals surface area contributed by atoms with Gasteiger partial charge in [-0.05, 0) is 43.9 Å². The Morgan fingerprint density at radius 1 is 1.45 bits per heavy atom. The molecule has 2 aromatic rings. The van der Waals surface area contributed by atoms with E-state index in [1.165, 1.54) is 11.3 Å². The zero-order valence-corrected chi connectivity index (χ0v) is 13.5. The molecule has 0 aliphatic carbocycles. The van der Waals surface area contributed by atoms with Crippen LogP contribution >= 0.6 is 22.9 Å². The minimum atomic E-state index is -0.526. The Hall–Kier alpha value is -1.53. The molecule has 4 heterocycles. The lowest BCUT2D eigenvalue weighted by Gasteiger charge is -2.39. The summed E-state index contributed by atoms with van der Waals surface area (Å²) in [5.74, 6) is -0.484. The van der Waals surface area contributed by atoms with E-state index in [0.717, 1.165) is 36.9 Å². The van der Waals surface area contributed by atoms with Crippen LogP contribution in [0, 0.1) is 5.82 Å². The largest absolute Gasteiger partial charge is 0.328 e. The summed E-state index contributed by atoms with van der Waals surface area (Å²) in [5.41, 5.74) is 0.581. The lowest BCUT2D eigenvalue weighted by molar-refractivity contribution is 0.0470. The molecule has 0 saturated carbocycles. The Labute approximate surface area is 136 Å². The van der Waals surface area contributed by atoms with Crippen LogP contribution in [-0.4, -0.2) is 27.3 Å². The number of piperidine rings is 1. The van der Waals surface area contributed by atoms with Gasteiger partial charge in [-0.15, -0.1) is 11.3 Å². The van der Waals surface area contributed by atoms with E-state index < -0.39 is 5.82 Å². The normalized spacial score (nSPS) is 23.6. The number of carbonyl (C=O) groups is 1. The number of hydrogen-bond acceptors (Lipinski definition) is 4. The summed E-state index contributed by atoms with van der Waals surface area (Å²) in [6, 6.07) is 1.74. The Kier molecular flexibility index (Phi) is 3.03. The zero-order chi connectivity index (χ0) is 15.5. The summed E-state index contributed by atoms with van der Waals surface area (Å²) >= 11 is 7.20. The number of halogens is 2. The highest BCUT2D eigenvalue weighted by Gasteiger charge is 2.49. The quantitative estimate of drug-likeness (QED) is 0.742. The number of rotatable bonds is 1. The molecule has 1 saturated heterocycles. The van der Waals surface area contributed by atoms with Crippen molar-refractivity contribution >= 4 is 28.8 Å². The molecule has 2 aliphatic heterocycles. The van der Waals surface area contributed by atoms with Gasteiger partial charge in [0.05, 0.1) is 22.2 Å². The first kappa shape index (κ1) is 14.1. The molecule has 1 atom stereocenters. The highest BCUT2D eigenvalue weighted by molar-refractivity contribution is 7.16. The number of nitrogens with zero attached hydrogens (tertiary/aromatic N) is 3. The van der Waals surface area contributed by atoms with Crippen LogP contribution in [0.3, 0.4) is 0 Å². The molecule has 1 fully saturated rings. The van der Waals surface area contributed by atoms with Gasteiger partial charge >= 0.3 is 0 Å². The summed E-state index contributed by atoms with van der Waals surface area (Å²) in [4.78, 5) is 23.8. The summed E-state index contributed by atoms with van der Waals surface area (Å²) in [6.07, 6.45) is 4.14. The molecule has 4 nitrogen and oxygen atoms in total. The molecule has 2 aromatic heterocycles. The first-order valence-electron chi connectivity index (χ1n) is 7.15. The Morgan fingerprint density at radius 2 is 2.27 bits per heavy atom. The van der Waals surface area contributed by atoms with Crippen molar-refractivity contribution in [3.8, 4) is 10.6 Å². The molecule has 114 valence electrons. The van der Waals surface area contributed by atoms with E-state index in [2.05, 4.69) is 16.9 Å². The number of aromatic nitrogens is 2. The molecule has 0 N–H and O–H groups in total. The zero-order valence-electron chi connectivity index (χ0n) is 11.9. The fraction of sp³-hybridized carbons (Fsp3) is 0.400. The lowest BCUT2D eigenvalue weighted by Crippen LogP contribution is -2.44. The van der Waals surface area contributed by atoms with Gasteiger partial charge in [0.15, 0.2) is 5.82 Å². The second-order valence-electron chi connectivity index (χ2n) is 5.88. The average molecular weight is 338 g/mol. The summed E-state index contributed by atoms with van der Waals surface area (Å²) in [5, 5.41) is 0.00166. The second-order valence-corrected chi connectivity index (χ2v) is 7.27. The van der Waals surface area contributed by atoms with Crippen molar-refractivity contribution in [1.29, 1.82) is 0 Å². The monoisotopic (exact) mass is 337 g/mol. The maximum atomic E-state index is 14.0. The predicted molar refractivity (Wildman–Crippen MR) is 82.6 cm³/mol. The van der Waals surface area contributed by atoms with E-state index >= 15 is 0 Å². The van der Waals surface area contributed by atoms with Crippen LogP contribution in [0.25, 0.3) is 10.6 Å². The maximum absolute atomic E-state index is 14.0. The molecule has 22 heavy (non-hydrogen) atoms. The van der Waals surface area contributed by atoms with Crippen LogP contribution in [-0.2, 0) is 5.54 Å². The van der Waals surface area contributed by atoms with Crippen LogP contribution in [0.2, 0.25) is 5.28 Å². The second kappa shape index (κ2) is 4.73. The van der Waals surface area contributed by atoms with Crippen LogP contribution in [0.4, 0.5) is 4.39 Å². The third kappa shape index (κ3) is 1.83. The minimum absolute atomic E-state index is 0.00166. The molecular weight excluding hydrogens is 325 g/mol. The number of carbonyl (C=O) groups excluding carboxylic acids is 1. The third-order valence-electron chi connectivity index (χ3n) is 4.54. The number of amides is 1. The smallest absolute Gasteiger partial charge is 0.255 e. The molecular formula is C15H13ClFN3OS. The standard InChI is InChI=1S/C15H13ClFN3OS/c1-15-4-2-3-5-20(15)13(21)8-6-10(22-12(8)15)11-9(17)7-18-14(16)19-11/h6-7H,2-5H2,1H3. The van der Waals surface area contributed by atoms with Crippen molar-refractivity contribution < 1.29 is 9.18 Å². The van der Waals surface area contributed by atoms with E-state index in [1.54, 1.807) is 6.07 Å². The van der Waals surface area contributed by atoms with Crippen LogP contribution in [0.1, 0.15) is 41.4 Å². The van der Waals surface area contributed by atoms with Gasteiger partial charge in [0.25, 0.3) is 5.91 Å². The highest BCUT2D eigenvalue weighted by Crippen LogP contribution is 2.50. The third-order valence-corrected chi connectivity index (χ3v) is 6.11. The van der Waals surface area contributed by atoms with Crippen molar-refractivity contribution in [1.82, 2.24) is 14.9 Å². The van der Waals surface area contributed by atoms with Gasteiger partial charge in [0.2, 0.25) is 5.28 Å². The SMILES string of the molecule is CC12CCCCN1C(=O)c1cc(-c3nc(Cl)ncc3F)sc12. The van der Waals surface area contributed by atoms with E-state index in [0.29, 0.717) is 10.4 Å². The minimum Gasteiger partial charge on any atom is -0.328 e. The van der Waals surface area contributed by atoms with Crippen molar-refractivity contribution in [2.24, 2.45) is 0 Å². The topological polar surface area (TPSA) is 46.1 Å². The van der Waals surface area contributed by atoms with Crippen LogP contribution in [0.15, 0.2) is 12.3 Å². The van der Waals surface area contributed by atoms with Crippen LogP contribution in [0.5, 0.6) is 0 Å². The van der Waals surface area contributed by atoms with Crippen molar-refractivity contribution in [2.45, 2.75) is 31.7 Å². The highest BCUT2D eigenvalue weighted by atomic mass is 35.5. The summed E-state index contributed by atoms with van der Waals surface area (Å²) in [7, 11) is 0. The Balaban J connectivity index is 1.85. The average Bonchev–Trinajstić information content (AvgIpc) is 3.02. The van der Waals surface area contributed by atoms with Gasteiger partial charge in [-0.1, -0.05) is 0 Å². The summed E-state index contributed by atoms with van der Waals surface area (Å²) < 4.78 is 14.0. The molecule has 4 rings (SSSR count).